The number of carbonyl (C=O) groups is 1. The number of nitrogens with one attached hydrogen (secondary N) is 1. The van der Waals surface area contributed by atoms with E-state index in [1.165, 1.54) is 4.52 Å². The molecule has 1 aliphatic rings. The van der Waals surface area contributed by atoms with Gasteiger partial charge >= 0.3 is 0 Å². The third-order valence-corrected chi connectivity index (χ3v) is 4.66. The lowest BCUT2D eigenvalue weighted by atomic mass is 10.1. The molecule has 0 unspecified atom stereocenters. The number of H-pyrrole nitrogens is 1. The molecule has 25 heavy (non-hydrogen) atoms. The molecule has 1 saturated heterocycles. The van der Waals surface area contributed by atoms with E-state index in [0.29, 0.717) is 23.8 Å². The molecule has 0 spiro atoms. The zero-order valence-electron chi connectivity index (χ0n) is 13.4. The number of hydrogen-bond donors (Lipinski definition) is 1. The summed E-state index contributed by atoms with van der Waals surface area (Å²) in [5.41, 5.74) is 1.26. The fourth-order valence-corrected chi connectivity index (χ4v) is 3.22. The van der Waals surface area contributed by atoms with Gasteiger partial charge in [-0.1, -0.05) is 28.9 Å². The molecule has 3 heterocycles. The molecule has 1 fully saturated rings. The van der Waals surface area contributed by atoms with Crippen molar-refractivity contribution >= 4 is 23.0 Å². The number of hydrogen-bond acceptors (Lipinski definition) is 4. The molecule has 4 rings (SSSR count). The maximum Gasteiger partial charge on any atom is 0.276 e. The Hall–Kier alpha value is -2.67. The van der Waals surface area contributed by atoms with Gasteiger partial charge in [-0.25, -0.2) is 4.52 Å². The molecule has 1 N–H and O–H groups in total. The van der Waals surface area contributed by atoms with Gasteiger partial charge in [-0.05, 0) is 37.0 Å². The molecule has 0 aliphatic carbocycles. The second kappa shape index (κ2) is 6.33. The Kier molecular flexibility index (Phi) is 4.01. The molecule has 1 aliphatic heterocycles. The van der Waals surface area contributed by atoms with Crippen LogP contribution in [0, 0.1) is 0 Å². The van der Waals surface area contributed by atoms with Gasteiger partial charge < -0.3 is 9.88 Å². The molecule has 128 valence electrons. The van der Waals surface area contributed by atoms with Crippen molar-refractivity contribution in [3.05, 3.63) is 51.5 Å². The highest BCUT2D eigenvalue weighted by Gasteiger charge is 2.25. The molecule has 2 aromatic heterocycles. The van der Waals surface area contributed by atoms with Crippen LogP contribution in [0.3, 0.4) is 0 Å². The van der Waals surface area contributed by atoms with Crippen LogP contribution in [0.5, 0.6) is 0 Å². The highest BCUT2D eigenvalue weighted by Crippen LogP contribution is 2.20. The number of piperidine rings is 1. The summed E-state index contributed by atoms with van der Waals surface area (Å²) in [6.07, 6.45) is 4.72. The SMILES string of the molecule is O=C(c1nnn2cc(-c3ccc(Cl)cc3)[nH]c(=O)c12)N1CCCCC1. The van der Waals surface area contributed by atoms with Crippen LogP contribution in [0.1, 0.15) is 29.8 Å². The van der Waals surface area contributed by atoms with Crippen LogP contribution >= 0.6 is 11.6 Å². The van der Waals surface area contributed by atoms with Crippen molar-refractivity contribution in [2.45, 2.75) is 19.3 Å². The van der Waals surface area contributed by atoms with Gasteiger partial charge in [-0.3, -0.25) is 9.59 Å². The van der Waals surface area contributed by atoms with Crippen molar-refractivity contribution in [2.24, 2.45) is 0 Å². The monoisotopic (exact) mass is 357 g/mol. The molecule has 1 amide bonds. The van der Waals surface area contributed by atoms with Crippen molar-refractivity contribution in [3.63, 3.8) is 0 Å². The third-order valence-electron chi connectivity index (χ3n) is 4.41. The number of halogens is 1. The zero-order valence-corrected chi connectivity index (χ0v) is 14.2. The van der Waals surface area contributed by atoms with Gasteiger partial charge in [-0.15, -0.1) is 5.10 Å². The van der Waals surface area contributed by atoms with Crippen molar-refractivity contribution < 1.29 is 4.79 Å². The van der Waals surface area contributed by atoms with Crippen molar-refractivity contribution in [1.29, 1.82) is 0 Å². The first-order valence-electron chi connectivity index (χ1n) is 8.17. The van der Waals surface area contributed by atoms with E-state index in [1.807, 2.05) is 0 Å². The van der Waals surface area contributed by atoms with Gasteiger partial charge in [0, 0.05) is 18.1 Å². The highest BCUT2D eigenvalue weighted by atomic mass is 35.5. The quantitative estimate of drug-likeness (QED) is 0.763. The average molecular weight is 358 g/mol. The first kappa shape index (κ1) is 15.8. The largest absolute Gasteiger partial charge is 0.337 e. The number of amides is 1. The van der Waals surface area contributed by atoms with Crippen LogP contribution in [0.25, 0.3) is 16.8 Å². The first-order chi connectivity index (χ1) is 12.1. The number of aromatic amines is 1. The van der Waals surface area contributed by atoms with Crippen LogP contribution < -0.4 is 5.56 Å². The van der Waals surface area contributed by atoms with E-state index in [1.54, 1.807) is 35.4 Å². The lowest BCUT2D eigenvalue weighted by Gasteiger charge is -2.25. The molecular formula is C17H16ClN5O2. The summed E-state index contributed by atoms with van der Waals surface area (Å²) in [5, 5.41) is 8.55. The summed E-state index contributed by atoms with van der Waals surface area (Å²) in [7, 11) is 0. The number of fused-ring (bicyclic) bond motifs is 1. The predicted molar refractivity (Wildman–Crippen MR) is 93.8 cm³/mol. The Bertz CT molecular complexity index is 986. The molecule has 0 atom stereocenters. The minimum Gasteiger partial charge on any atom is -0.337 e. The lowest BCUT2D eigenvalue weighted by molar-refractivity contribution is 0.0720. The molecule has 1 aromatic carbocycles. The van der Waals surface area contributed by atoms with Crippen LogP contribution in [-0.2, 0) is 0 Å². The van der Waals surface area contributed by atoms with E-state index in [2.05, 4.69) is 15.3 Å². The fraction of sp³-hybridized carbons (Fsp3) is 0.294. The number of carbonyl (C=O) groups excluding carboxylic acids is 1. The summed E-state index contributed by atoms with van der Waals surface area (Å²) in [5.74, 6) is -0.237. The van der Waals surface area contributed by atoms with Crippen molar-refractivity contribution in [1.82, 2.24) is 24.7 Å². The number of nitrogens with zero attached hydrogens (tertiary/aromatic N) is 4. The van der Waals surface area contributed by atoms with Crippen molar-refractivity contribution in [2.75, 3.05) is 13.1 Å². The van der Waals surface area contributed by atoms with Crippen molar-refractivity contribution in [3.8, 4) is 11.3 Å². The standard InChI is InChI=1S/C17H16ClN5O2/c18-12-6-4-11(5-7-12)13-10-23-15(16(24)19-13)14(20-21-23)17(25)22-8-2-1-3-9-22/h4-7,10H,1-3,8-9H2,(H,19,24). The van der Waals surface area contributed by atoms with E-state index in [9.17, 15) is 9.59 Å². The Morgan fingerprint density at radius 3 is 2.56 bits per heavy atom. The maximum atomic E-state index is 12.7. The normalized spacial score (nSPS) is 14.8. The number of aromatic nitrogens is 4. The predicted octanol–water partition coefficient (Wildman–Crippen LogP) is 2.36. The van der Waals surface area contributed by atoms with Crippen LogP contribution in [0.15, 0.2) is 35.3 Å². The fourth-order valence-electron chi connectivity index (χ4n) is 3.10. The molecule has 0 bridgehead atoms. The van der Waals surface area contributed by atoms with Gasteiger partial charge in [0.15, 0.2) is 11.2 Å². The number of rotatable bonds is 2. The molecule has 3 aromatic rings. The summed E-state index contributed by atoms with van der Waals surface area (Å²) in [6.45, 7) is 1.39. The maximum absolute atomic E-state index is 12.7. The summed E-state index contributed by atoms with van der Waals surface area (Å²) in [4.78, 5) is 29.8. The molecule has 8 heteroatoms. The molecule has 0 saturated carbocycles. The van der Waals surface area contributed by atoms with E-state index in [4.69, 9.17) is 11.6 Å². The van der Waals surface area contributed by atoms with E-state index in [-0.39, 0.29) is 17.1 Å². The first-order valence-corrected chi connectivity index (χ1v) is 8.55. The van der Waals surface area contributed by atoms with Gasteiger partial charge in [0.25, 0.3) is 11.5 Å². The van der Waals surface area contributed by atoms with E-state index >= 15 is 0 Å². The van der Waals surface area contributed by atoms with E-state index < -0.39 is 5.56 Å². The average Bonchev–Trinajstić information content (AvgIpc) is 3.07. The minimum atomic E-state index is -0.391. The van der Waals surface area contributed by atoms with Crippen LogP contribution in [-0.4, -0.2) is 43.7 Å². The second-order valence-electron chi connectivity index (χ2n) is 6.09. The molecule has 7 nitrogen and oxygen atoms in total. The Balaban J connectivity index is 1.75. The van der Waals surface area contributed by atoms with Gasteiger partial charge in [0.1, 0.15) is 0 Å². The Morgan fingerprint density at radius 2 is 1.84 bits per heavy atom. The third kappa shape index (κ3) is 2.91. The van der Waals surface area contributed by atoms with Gasteiger partial charge in [-0.2, -0.15) is 0 Å². The second-order valence-corrected chi connectivity index (χ2v) is 6.52. The molecular weight excluding hydrogens is 342 g/mol. The Labute approximate surface area is 148 Å². The number of likely N-dealkylation sites (tertiary alicyclic amines) is 1. The Morgan fingerprint density at radius 1 is 1.12 bits per heavy atom. The van der Waals surface area contributed by atoms with Crippen LogP contribution in [0.4, 0.5) is 0 Å². The zero-order chi connectivity index (χ0) is 17.4. The van der Waals surface area contributed by atoms with Gasteiger partial charge in [0.05, 0.1) is 11.9 Å². The van der Waals surface area contributed by atoms with E-state index in [0.717, 1.165) is 24.8 Å². The number of benzene rings is 1. The van der Waals surface area contributed by atoms with Crippen LogP contribution in [0.2, 0.25) is 5.02 Å². The van der Waals surface area contributed by atoms with Gasteiger partial charge in [0.2, 0.25) is 0 Å². The minimum absolute atomic E-state index is 0.103. The summed E-state index contributed by atoms with van der Waals surface area (Å²) >= 11 is 5.90. The highest BCUT2D eigenvalue weighted by molar-refractivity contribution is 6.30. The summed E-state index contributed by atoms with van der Waals surface area (Å²) < 4.78 is 1.36. The lowest BCUT2D eigenvalue weighted by Crippen LogP contribution is -2.36. The summed E-state index contributed by atoms with van der Waals surface area (Å²) in [6, 6.07) is 7.09. The molecule has 0 radical (unpaired) electrons. The smallest absolute Gasteiger partial charge is 0.276 e. The topological polar surface area (TPSA) is 83.4 Å².